The highest BCUT2D eigenvalue weighted by molar-refractivity contribution is 5.29. The summed E-state index contributed by atoms with van der Waals surface area (Å²) in [6.07, 6.45) is -20.2. The third kappa shape index (κ3) is 8.76. The van der Waals surface area contributed by atoms with Gasteiger partial charge in [0.25, 0.3) is 0 Å². The van der Waals surface area contributed by atoms with Crippen LogP contribution in [0.5, 0.6) is 0 Å². The van der Waals surface area contributed by atoms with Gasteiger partial charge in [-0.15, -0.1) is 0 Å². The van der Waals surface area contributed by atoms with Crippen molar-refractivity contribution in [2.24, 2.45) is 46.3 Å². The molecule has 0 spiro atoms. The molecule has 380 valence electrons. The molecular weight excluding hydrogens is 876 g/mol. The molecule has 4 heterocycles. The zero-order chi connectivity index (χ0) is 47.9. The molecule has 4 aliphatic heterocycles. The van der Waals surface area contributed by atoms with E-state index in [1.807, 2.05) is 20.8 Å². The van der Waals surface area contributed by atoms with Gasteiger partial charge in [0.1, 0.15) is 73.2 Å². The van der Waals surface area contributed by atoms with Crippen LogP contribution in [0.1, 0.15) is 72.6 Å². The average molecular weight is 951 g/mol. The predicted molar refractivity (Wildman–Crippen MR) is 222 cm³/mol. The van der Waals surface area contributed by atoms with Crippen molar-refractivity contribution >= 4 is 0 Å². The van der Waals surface area contributed by atoms with Gasteiger partial charge in [-0.1, -0.05) is 39.3 Å². The molecule has 0 aromatic carbocycles. The lowest BCUT2D eigenvalue weighted by Crippen LogP contribution is -2.63. The second-order valence-electron chi connectivity index (χ2n) is 21.3. The highest BCUT2D eigenvalue weighted by atomic mass is 16.7. The number of allylic oxidation sites excluding steroid dienone is 1. The van der Waals surface area contributed by atoms with Gasteiger partial charge in [-0.25, -0.2) is 0 Å². The summed E-state index contributed by atoms with van der Waals surface area (Å²) in [5.41, 5.74) is -0.320. The van der Waals surface area contributed by atoms with Gasteiger partial charge < -0.3 is 105 Å². The first-order valence-electron chi connectivity index (χ1n) is 23.7. The zero-order valence-electron chi connectivity index (χ0n) is 37.9. The Morgan fingerprint density at radius 1 is 0.712 bits per heavy atom. The third-order valence-electron chi connectivity index (χ3n) is 17.4. The lowest BCUT2D eigenvalue weighted by Gasteiger charge is -2.61. The van der Waals surface area contributed by atoms with E-state index in [-0.39, 0.29) is 60.1 Å². The van der Waals surface area contributed by atoms with Crippen LogP contribution in [0.2, 0.25) is 0 Å². The normalized spacial score (nSPS) is 55.3. The van der Waals surface area contributed by atoms with Crippen molar-refractivity contribution in [1.29, 1.82) is 0 Å². The molecule has 0 amide bonds. The van der Waals surface area contributed by atoms with Crippen LogP contribution in [-0.4, -0.2) is 220 Å². The predicted octanol–water partition coefficient (Wildman–Crippen LogP) is -3.92. The van der Waals surface area contributed by atoms with Crippen molar-refractivity contribution in [1.82, 2.24) is 0 Å². The Kier molecular flexibility index (Phi) is 15.1. The Bertz CT molecular complexity index is 1690. The smallest absolute Gasteiger partial charge is 0.186 e. The minimum absolute atomic E-state index is 0.00158. The first kappa shape index (κ1) is 51.3. The quantitative estimate of drug-likeness (QED) is 0.0785. The second kappa shape index (κ2) is 19.5. The van der Waals surface area contributed by atoms with Gasteiger partial charge in [-0.3, -0.25) is 0 Å². The molecule has 8 aliphatic rings. The zero-order valence-corrected chi connectivity index (χ0v) is 37.9. The molecule has 21 nitrogen and oxygen atoms in total. The fourth-order valence-corrected chi connectivity index (χ4v) is 13.6. The van der Waals surface area contributed by atoms with E-state index in [1.165, 1.54) is 0 Å². The summed E-state index contributed by atoms with van der Waals surface area (Å²) in [6, 6.07) is 0. The van der Waals surface area contributed by atoms with E-state index in [0.717, 1.165) is 5.57 Å². The van der Waals surface area contributed by atoms with E-state index in [0.29, 0.717) is 38.5 Å². The van der Waals surface area contributed by atoms with Crippen LogP contribution in [-0.2, 0) is 33.2 Å². The van der Waals surface area contributed by atoms with Crippen molar-refractivity contribution in [3.05, 3.63) is 11.6 Å². The van der Waals surface area contributed by atoms with Crippen LogP contribution in [0, 0.1) is 46.3 Å². The Labute approximate surface area is 383 Å². The largest absolute Gasteiger partial charge is 0.394 e. The molecular formula is C45H74O21. The van der Waals surface area contributed by atoms with Gasteiger partial charge in [0.2, 0.25) is 0 Å². The van der Waals surface area contributed by atoms with E-state index in [1.54, 1.807) is 0 Å². The van der Waals surface area contributed by atoms with Crippen LogP contribution in [0.25, 0.3) is 0 Å². The van der Waals surface area contributed by atoms with Crippen LogP contribution >= 0.6 is 0 Å². The van der Waals surface area contributed by atoms with Crippen LogP contribution in [0.15, 0.2) is 11.6 Å². The Morgan fingerprint density at radius 2 is 1.27 bits per heavy atom. The van der Waals surface area contributed by atoms with E-state index in [9.17, 15) is 71.5 Å². The van der Waals surface area contributed by atoms with Crippen molar-refractivity contribution in [2.75, 3.05) is 26.4 Å². The molecule has 4 aliphatic carbocycles. The van der Waals surface area contributed by atoms with Crippen molar-refractivity contribution < 1.29 is 105 Å². The molecule has 3 saturated carbocycles. The summed E-state index contributed by atoms with van der Waals surface area (Å²) < 4.78 is 40.9. The first-order valence-corrected chi connectivity index (χ1v) is 23.7. The number of ether oxygens (including phenoxy) is 7. The summed E-state index contributed by atoms with van der Waals surface area (Å²) in [7, 11) is 0. The van der Waals surface area contributed by atoms with Crippen LogP contribution in [0.4, 0.5) is 0 Å². The molecule has 0 bridgehead atoms. The van der Waals surface area contributed by atoms with E-state index < -0.39 is 141 Å². The van der Waals surface area contributed by atoms with Gasteiger partial charge in [0, 0.05) is 24.2 Å². The fourth-order valence-electron chi connectivity index (χ4n) is 13.6. The molecule has 0 aromatic rings. The molecule has 0 radical (unpaired) electrons. The van der Waals surface area contributed by atoms with E-state index in [2.05, 4.69) is 13.0 Å². The molecule has 0 unspecified atom stereocenters. The van der Waals surface area contributed by atoms with Gasteiger partial charge in [0.15, 0.2) is 24.7 Å². The topological polar surface area (TPSA) is 348 Å². The minimum atomic E-state index is -1.74. The summed E-state index contributed by atoms with van der Waals surface area (Å²) in [5.74, 6) is -2.09. The Morgan fingerprint density at radius 3 is 1.88 bits per heavy atom. The Hall–Kier alpha value is -1.10. The molecule has 28 atom stereocenters. The lowest BCUT2D eigenvalue weighted by atomic mass is 9.45. The van der Waals surface area contributed by atoms with Crippen LogP contribution < -0.4 is 0 Å². The maximum Gasteiger partial charge on any atom is 0.186 e. The highest BCUT2D eigenvalue weighted by Crippen LogP contribution is 2.70. The number of hydrogen-bond acceptors (Lipinski definition) is 21. The molecule has 14 N–H and O–H groups in total. The summed E-state index contributed by atoms with van der Waals surface area (Å²) >= 11 is 0. The van der Waals surface area contributed by atoms with Crippen LogP contribution in [0.3, 0.4) is 0 Å². The summed E-state index contributed by atoms with van der Waals surface area (Å²) in [5, 5.41) is 149. The first-order chi connectivity index (χ1) is 31.1. The number of rotatable bonds is 13. The number of fused-ring (bicyclic) bond motifs is 7. The molecule has 21 heteroatoms. The third-order valence-corrected chi connectivity index (χ3v) is 17.4. The lowest BCUT2D eigenvalue weighted by molar-refractivity contribution is -0.337. The summed E-state index contributed by atoms with van der Waals surface area (Å²) in [4.78, 5) is 0. The van der Waals surface area contributed by atoms with Gasteiger partial charge in [-0.05, 0) is 67.1 Å². The highest BCUT2D eigenvalue weighted by Gasteiger charge is 2.70. The average Bonchev–Trinajstić information content (AvgIpc) is 3.71. The van der Waals surface area contributed by atoms with Gasteiger partial charge in [0.05, 0.1) is 50.8 Å². The second-order valence-corrected chi connectivity index (χ2v) is 21.3. The molecule has 0 aromatic heterocycles. The van der Waals surface area contributed by atoms with E-state index in [4.69, 9.17) is 33.2 Å². The van der Waals surface area contributed by atoms with Gasteiger partial charge in [-0.2, -0.15) is 0 Å². The number of hydrogen-bond donors (Lipinski definition) is 14. The molecule has 4 saturated heterocycles. The van der Waals surface area contributed by atoms with Crippen molar-refractivity contribution in [3.63, 3.8) is 0 Å². The maximum absolute atomic E-state index is 12.2. The molecule has 8 rings (SSSR count). The standard InChI is InChI=1S/C45H74O21/c1-17(15-60-40-37(56)34(53)31(50)25(13-46)63-40)7-8-45(59)18(2)29-24(66-45)11-22-21-6-5-19-9-20(10-28(49)44(19,4)30(21)23(48)12-43(22,29)3)62-42-39(58)36(55)33(52)27(65-42)16-61-41-38(57)35(54)32(51)26(14-47)64-41/h5,17-18,20-42,46-59H,6-16H2,1-4H3/t17-,18+,20-,21+,22+,23-,24+,25-,26-,27-,28-,29+,30-,31-,32-,33-,34+,35+,36+,37-,38-,39-,40-,41-,42-,43+,44-,45-/m1/s1. The number of aliphatic hydroxyl groups is 14. The van der Waals surface area contributed by atoms with E-state index >= 15 is 0 Å². The SMILES string of the molecule is C[C@H](CC[C@@]1(O)O[C@H]2C[C@H]3[C@@H]4CC=C5C[C@@H](O[C@@H]6O[C@H](CO[C@@H]7O[C@H](CO)[C@@H](O)[C@H](O)[C@H]7O)[C@@H](O)[C@H](O)[C@H]6O)C[C@@H](O)[C@]5(C)[C@H]4[C@H](O)C[C@]3(C)[C@H]2[C@@H]1C)CO[C@@H]1O[C@H](CO)[C@@H](O)[C@H](O)[C@H]1O. The van der Waals surface area contributed by atoms with Crippen molar-refractivity contribution in [3.8, 4) is 0 Å². The fraction of sp³-hybridized carbons (Fsp3) is 0.956. The summed E-state index contributed by atoms with van der Waals surface area (Å²) in [6.45, 7) is 6.44. The molecule has 7 fully saturated rings. The molecule has 66 heavy (non-hydrogen) atoms. The minimum Gasteiger partial charge on any atom is -0.394 e. The Balaban J connectivity index is 0.882. The maximum atomic E-state index is 12.2. The monoisotopic (exact) mass is 950 g/mol. The van der Waals surface area contributed by atoms with Crippen molar-refractivity contribution in [2.45, 2.75) is 195 Å². The number of aliphatic hydroxyl groups excluding tert-OH is 13. The van der Waals surface area contributed by atoms with Gasteiger partial charge >= 0.3 is 0 Å².